The topological polar surface area (TPSA) is 36.4 Å². The highest BCUT2D eigenvalue weighted by molar-refractivity contribution is 7.98. The summed E-state index contributed by atoms with van der Waals surface area (Å²) in [5.74, 6) is -0.0162. The molecule has 0 atom stereocenters. The minimum atomic E-state index is -0.0162. The number of aromatic nitrogens is 1. The van der Waals surface area contributed by atoms with Crippen molar-refractivity contribution in [1.29, 1.82) is 0 Å². The molecule has 1 aromatic heterocycles. The molecule has 7 heteroatoms. The Kier molecular flexibility index (Phi) is 6.99. The quantitative estimate of drug-likeness (QED) is 0.456. The van der Waals surface area contributed by atoms with Crippen molar-refractivity contribution in [3.8, 4) is 0 Å². The van der Waals surface area contributed by atoms with Crippen LogP contribution in [0.15, 0.2) is 41.3 Å². The average Bonchev–Trinajstić information content (AvgIpc) is 3.12. The van der Waals surface area contributed by atoms with Gasteiger partial charge in [0, 0.05) is 22.0 Å². The largest absolute Gasteiger partial charge is 0.309 e. The van der Waals surface area contributed by atoms with Crippen LogP contribution in [0.3, 0.4) is 0 Å². The number of benzene rings is 2. The Hall–Kier alpha value is -1.60. The SMILES string of the molecule is CSc1cccc(C(=O)N(CCCN(C)C)c2nc3c(C)c(Cl)ccc3s2)c1. The number of thiazole rings is 1. The summed E-state index contributed by atoms with van der Waals surface area (Å²) in [4.78, 5) is 23.1. The second-order valence-corrected chi connectivity index (χ2v) is 9.16. The summed E-state index contributed by atoms with van der Waals surface area (Å²) in [5.41, 5.74) is 2.51. The van der Waals surface area contributed by atoms with Crippen molar-refractivity contribution in [2.75, 3.05) is 38.3 Å². The molecule has 148 valence electrons. The predicted octanol–water partition coefficient (Wildman–Crippen LogP) is 5.58. The number of carbonyl (C=O) groups is 1. The Labute approximate surface area is 179 Å². The van der Waals surface area contributed by atoms with Crippen molar-refractivity contribution >= 4 is 56.0 Å². The molecule has 0 saturated carbocycles. The number of thioether (sulfide) groups is 1. The van der Waals surface area contributed by atoms with E-state index in [0.717, 1.165) is 38.8 Å². The minimum absolute atomic E-state index is 0.0162. The number of halogens is 1. The molecule has 0 unspecified atom stereocenters. The van der Waals surface area contributed by atoms with E-state index in [1.54, 1.807) is 16.7 Å². The zero-order valence-electron chi connectivity index (χ0n) is 16.5. The monoisotopic (exact) mass is 433 g/mol. The number of hydrogen-bond acceptors (Lipinski definition) is 5. The minimum Gasteiger partial charge on any atom is -0.309 e. The van der Waals surface area contributed by atoms with Gasteiger partial charge in [-0.05, 0) is 76.1 Å². The fraction of sp³-hybridized carbons (Fsp3) is 0.333. The molecular formula is C21H24ClN3OS2. The van der Waals surface area contributed by atoms with Gasteiger partial charge < -0.3 is 4.90 Å². The Morgan fingerprint density at radius 2 is 2.00 bits per heavy atom. The number of rotatable bonds is 7. The van der Waals surface area contributed by atoms with E-state index in [4.69, 9.17) is 16.6 Å². The zero-order valence-corrected chi connectivity index (χ0v) is 18.9. The van der Waals surface area contributed by atoms with E-state index in [1.807, 2.05) is 63.7 Å². The van der Waals surface area contributed by atoms with E-state index in [2.05, 4.69) is 4.90 Å². The molecule has 0 saturated heterocycles. The van der Waals surface area contributed by atoms with Crippen LogP contribution in [0.25, 0.3) is 10.2 Å². The Bertz CT molecular complexity index is 987. The first kappa shape index (κ1) is 21.1. The fourth-order valence-corrected chi connectivity index (χ4v) is 4.61. The van der Waals surface area contributed by atoms with Gasteiger partial charge in [0.15, 0.2) is 5.13 Å². The maximum Gasteiger partial charge on any atom is 0.260 e. The van der Waals surface area contributed by atoms with E-state index in [1.165, 1.54) is 11.3 Å². The van der Waals surface area contributed by atoms with Gasteiger partial charge in [-0.2, -0.15) is 0 Å². The highest BCUT2D eigenvalue weighted by Gasteiger charge is 2.22. The van der Waals surface area contributed by atoms with Crippen molar-refractivity contribution in [2.45, 2.75) is 18.2 Å². The molecule has 0 fully saturated rings. The lowest BCUT2D eigenvalue weighted by atomic mass is 10.2. The van der Waals surface area contributed by atoms with Crippen LogP contribution in [0.2, 0.25) is 5.02 Å². The molecule has 0 radical (unpaired) electrons. The van der Waals surface area contributed by atoms with Gasteiger partial charge in [0.25, 0.3) is 5.91 Å². The van der Waals surface area contributed by atoms with Crippen LogP contribution in [0, 0.1) is 6.92 Å². The first-order valence-corrected chi connectivity index (χ1v) is 11.5. The Morgan fingerprint density at radius 1 is 1.21 bits per heavy atom. The first-order valence-electron chi connectivity index (χ1n) is 9.07. The molecule has 3 aromatic rings. The smallest absolute Gasteiger partial charge is 0.260 e. The van der Waals surface area contributed by atoms with Gasteiger partial charge in [-0.1, -0.05) is 29.0 Å². The highest BCUT2D eigenvalue weighted by Crippen LogP contribution is 2.34. The maximum absolute atomic E-state index is 13.4. The molecule has 3 rings (SSSR count). The standard InChI is InChI=1S/C21H24ClN3OS2/c1-14-17(22)9-10-18-19(14)23-21(28-18)25(12-6-11-24(2)3)20(26)15-7-5-8-16(13-15)27-4/h5,7-10,13H,6,11-12H2,1-4H3. The van der Waals surface area contributed by atoms with E-state index < -0.39 is 0 Å². The number of anilines is 1. The van der Waals surface area contributed by atoms with Crippen LogP contribution in [0.1, 0.15) is 22.3 Å². The second-order valence-electron chi connectivity index (χ2n) is 6.86. The first-order chi connectivity index (χ1) is 13.4. The van der Waals surface area contributed by atoms with E-state index in [0.29, 0.717) is 17.1 Å². The third kappa shape index (κ3) is 4.69. The van der Waals surface area contributed by atoms with Gasteiger partial charge in [-0.25, -0.2) is 4.98 Å². The van der Waals surface area contributed by atoms with Crippen molar-refractivity contribution in [3.05, 3.63) is 52.5 Å². The number of amides is 1. The molecule has 0 bridgehead atoms. The summed E-state index contributed by atoms with van der Waals surface area (Å²) in [6, 6.07) is 11.6. The Morgan fingerprint density at radius 3 is 2.71 bits per heavy atom. The van der Waals surface area contributed by atoms with Crippen LogP contribution < -0.4 is 4.90 Å². The van der Waals surface area contributed by atoms with Crippen LogP contribution in [0.5, 0.6) is 0 Å². The van der Waals surface area contributed by atoms with Gasteiger partial charge in [-0.15, -0.1) is 11.8 Å². The summed E-state index contributed by atoms with van der Waals surface area (Å²) in [5, 5.41) is 1.42. The van der Waals surface area contributed by atoms with Crippen LogP contribution >= 0.6 is 34.7 Å². The van der Waals surface area contributed by atoms with E-state index in [-0.39, 0.29) is 5.91 Å². The lowest BCUT2D eigenvalue weighted by Crippen LogP contribution is -2.33. The number of carbonyl (C=O) groups excluding carboxylic acids is 1. The molecule has 0 aliphatic heterocycles. The van der Waals surface area contributed by atoms with Gasteiger partial charge in [0.2, 0.25) is 0 Å². The number of hydrogen-bond donors (Lipinski definition) is 0. The number of aryl methyl sites for hydroxylation is 1. The van der Waals surface area contributed by atoms with Gasteiger partial charge in [0.1, 0.15) is 0 Å². The summed E-state index contributed by atoms with van der Waals surface area (Å²) in [7, 11) is 4.08. The Balaban J connectivity index is 1.98. The average molecular weight is 434 g/mol. The third-order valence-electron chi connectivity index (χ3n) is 4.52. The van der Waals surface area contributed by atoms with Gasteiger partial charge in [-0.3, -0.25) is 9.69 Å². The molecule has 4 nitrogen and oxygen atoms in total. The van der Waals surface area contributed by atoms with E-state index in [9.17, 15) is 4.79 Å². The van der Waals surface area contributed by atoms with Crippen molar-refractivity contribution in [3.63, 3.8) is 0 Å². The zero-order chi connectivity index (χ0) is 20.3. The van der Waals surface area contributed by atoms with Crippen molar-refractivity contribution < 1.29 is 4.79 Å². The molecule has 0 aliphatic carbocycles. The molecular weight excluding hydrogens is 410 g/mol. The summed E-state index contributed by atoms with van der Waals surface area (Å²) >= 11 is 9.43. The normalized spacial score (nSPS) is 11.4. The second kappa shape index (κ2) is 9.27. The molecule has 0 aliphatic rings. The lowest BCUT2D eigenvalue weighted by Gasteiger charge is -2.21. The van der Waals surface area contributed by atoms with E-state index >= 15 is 0 Å². The molecule has 28 heavy (non-hydrogen) atoms. The molecule has 1 heterocycles. The lowest BCUT2D eigenvalue weighted by molar-refractivity contribution is 0.0986. The van der Waals surface area contributed by atoms with Crippen LogP contribution in [-0.4, -0.2) is 49.2 Å². The summed E-state index contributed by atoms with van der Waals surface area (Å²) in [6.45, 7) is 3.49. The number of fused-ring (bicyclic) bond motifs is 1. The van der Waals surface area contributed by atoms with Crippen LogP contribution in [0.4, 0.5) is 5.13 Å². The number of nitrogens with zero attached hydrogens (tertiary/aromatic N) is 3. The van der Waals surface area contributed by atoms with Crippen LogP contribution in [-0.2, 0) is 0 Å². The molecule has 0 spiro atoms. The molecule has 1 amide bonds. The molecule has 0 N–H and O–H groups in total. The fourth-order valence-electron chi connectivity index (χ4n) is 2.95. The molecule has 2 aromatic carbocycles. The van der Waals surface area contributed by atoms with Crippen molar-refractivity contribution in [2.24, 2.45) is 0 Å². The summed E-state index contributed by atoms with van der Waals surface area (Å²) < 4.78 is 1.04. The van der Waals surface area contributed by atoms with Gasteiger partial charge in [0.05, 0.1) is 10.2 Å². The van der Waals surface area contributed by atoms with Crippen molar-refractivity contribution in [1.82, 2.24) is 9.88 Å². The maximum atomic E-state index is 13.4. The van der Waals surface area contributed by atoms with Gasteiger partial charge >= 0.3 is 0 Å². The predicted molar refractivity (Wildman–Crippen MR) is 122 cm³/mol. The summed E-state index contributed by atoms with van der Waals surface area (Å²) in [6.07, 6.45) is 2.88. The third-order valence-corrected chi connectivity index (χ3v) is 6.69. The highest BCUT2D eigenvalue weighted by atomic mass is 35.5.